The molecule has 0 aliphatic carbocycles. The Morgan fingerprint density at radius 2 is 1.12 bits per heavy atom. The number of hydrogen-bond acceptors (Lipinski definition) is 8. The largest absolute Gasteiger partial charge is 0.481 e. The molecule has 0 amide bonds. The molecule has 12 heteroatoms. The summed E-state index contributed by atoms with van der Waals surface area (Å²) in [7, 11) is 0. The first kappa shape index (κ1) is 28.8. The molecule has 33 heavy (non-hydrogen) atoms. The van der Waals surface area contributed by atoms with Gasteiger partial charge in [-0.15, -0.1) is 0 Å². The van der Waals surface area contributed by atoms with Crippen molar-refractivity contribution in [3.8, 4) is 0 Å². The summed E-state index contributed by atoms with van der Waals surface area (Å²) in [5.41, 5.74) is -0.137. The van der Waals surface area contributed by atoms with Crippen molar-refractivity contribution in [2.75, 3.05) is 13.2 Å². The van der Waals surface area contributed by atoms with Crippen molar-refractivity contribution in [3.63, 3.8) is 0 Å². The van der Waals surface area contributed by atoms with Gasteiger partial charge < -0.3 is 29.9 Å². The Hall–Kier alpha value is -4.22. The summed E-state index contributed by atoms with van der Waals surface area (Å²) in [6, 6.07) is 5.02. The van der Waals surface area contributed by atoms with Crippen LogP contribution in [0.2, 0.25) is 0 Å². The van der Waals surface area contributed by atoms with Gasteiger partial charge in [-0.1, -0.05) is 6.58 Å². The highest BCUT2D eigenvalue weighted by Gasteiger charge is 2.10. The number of rotatable bonds is 5. The number of carbonyl (C=O) groups excluding carboxylic acids is 2. The van der Waals surface area contributed by atoms with Gasteiger partial charge in [0.15, 0.2) is 0 Å². The van der Waals surface area contributed by atoms with Crippen LogP contribution in [0.1, 0.15) is 52.8 Å². The maximum Gasteiger partial charge on any atom is 0.335 e. The highest BCUT2D eigenvalue weighted by atomic mass is 16.5. The summed E-state index contributed by atoms with van der Waals surface area (Å²) in [5, 5.41) is 33.0. The number of carboxylic acids is 4. The van der Waals surface area contributed by atoms with E-state index in [1.54, 1.807) is 0 Å². The Kier molecular flexibility index (Phi) is 13.6. The first-order chi connectivity index (χ1) is 15.4. The van der Waals surface area contributed by atoms with E-state index in [1.807, 2.05) is 0 Å². The van der Waals surface area contributed by atoms with E-state index in [9.17, 15) is 28.8 Å². The molecule has 0 aromatic heterocycles. The van der Waals surface area contributed by atoms with Crippen LogP contribution in [0.25, 0.3) is 0 Å². The molecule has 1 fully saturated rings. The zero-order chi connectivity index (χ0) is 25.4. The molecule has 0 bridgehead atoms. The van der Waals surface area contributed by atoms with Gasteiger partial charge in [-0.25, -0.2) is 14.4 Å². The monoisotopic (exact) mass is 468 g/mol. The van der Waals surface area contributed by atoms with Crippen LogP contribution in [-0.2, 0) is 28.7 Å². The smallest absolute Gasteiger partial charge is 0.335 e. The fourth-order valence-electron chi connectivity index (χ4n) is 1.94. The number of carboxylic acid groups (broad SMARTS) is 4. The summed E-state index contributed by atoms with van der Waals surface area (Å²) in [6.45, 7) is 3.90. The number of esters is 2. The van der Waals surface area contributed by atoms with Gasteiger partial charge in [-0.05, 0) is 37.1 Å². The van der Waals surface area contributed by atoms with Crippen LogP contribution >= 0.6 is 0 Å². The fraction of sp³-hybridized carbons (Fsp3) is 0.333. The first-order valence-electron chi connectivity index (χ1n) is 9.44. The minimum atomic E-state index is -1.27. The Balaban J connectivity index is 0.000000472. The van der Waals surface area contributed by atoms with Crippen molar-refractivity contribution in [1.82, 2.24) is 0 Å². The summed E-state index contributed by atoms with van der Waals surface area (Å²) >= 11 is 0. The minimum absolute atomic E-state index is 0.0833. The second kappa shape index (κ2) is 15.6. The van der Waals surface area contributed by atoms with Crippen LogP contribution in [-0.4, -0.2) is 69.5 Å². The molecule has 1 aliphatic rings. The Labute approximate surface area is 188 Å². The van der Waals surface area contributed by atoms with Crippen molar-refractivity contribution in [3.05, 3.63) is 47.5 Å². The van der Waals surface area contributed by atoms with Crippen LogP contribution < -0.4 is 0 Å². The molecule has 0 radical (unpaired) electrons. The number of cyclic esters (lactones) is 2. The van der Waals surface area contributed by atoms with Crippen molar-refractivity contribution in [2.45, 2.75) is 32.1 Å². The number of hydrogen-bond donors (Lipinski definition) is 4. The number of ether oxygens (including phenoxy) is 2. The molecule has 1 aromatic carbocycles. The third kappa shape index (κ3) is 14.4. The van der Waals surface area contributed by atoms with Crippen molar-refractivity contribution in [2.24, 2.45) is 0 Å². The predicted molar refractivity (Wildman–Crippen MR) is 110 cm³/mol. The highest BCUT2D eigenvalue weighted by molar-refractivity contribution is 5.92. The minimum Gasteiger partial charge on any atom is -0.481 e. The average molecular weight is 468 g/mol. The molecule has 1 saturated heterocycles. The maximum absolute atomic E-state index is 10.8. The standard InChI is InChI=1S/C8H12O4.C8H6O4.C5H6O4/c9-7-3-4-8(10)12-6-2-1-5-11-7;9-7(10)5-1-2-6(4-3-5)8(11)12;1-3(5(8)9)2-4(6)7/h1-6H2;1-4H,(H,9,10)(H,11,12);1-2H2,(H,6,7)(H,8,9). The van der Waals surface area contributed by atoms with Gasteiger partial charge in [0, 0.05) is 5.57 Å². The second-order valence-corrected chi connectivity index (χ2v) is 6.31. The van der Waals surface area contributed by atoms with Gasteiger partial charge in [0.1, 0.15) is 0 Å². The van der Waals surface area contributed by atoms with E-state index in [4.69, 9.17) is 29.9 Å². The lowest BCUT2D eigenvalue weighted by molar-refractivity contribution is -0.152. The van der Waals surface area contributed by atoms with E-state index in [2.05, 4.69) is 6.58 Å². The summed E-state index contributed by atoms with van der Waals surface area (Å²) in [6.07, 6.45) is 1.30. The van der Waals surface area contributed by atoms with Crippen molar-refractivity contribution in [1.29, 1.82) is 0 Å². The van der Waals surface area contributed by atoms with Crippen molar-refractivity contribution >= 4 is 35.8 Å². The quantitative estimate of drug-likeness (QED) is 0.361. The average Bonchev–Trinajstić information content (AvgIpc) is 2.75. The molecule has 180 valence electrons. The zero-order valence-electron chi connectivity index (χ0n) is 17.5. The highest BCUT2D eigenvalue weighted by Crippen LogP contribution is 2.04. The van der Waals surface area contributed by atoms with E-state index < -0.39 is 30.3 Å². The fourth-order valence-corrected chi connectivity index (χ4v) is 1.94. The SMILES string of the molecule is C=C(CC(=O)O)C(=O)O.O=C(O)c1ccc(C(=O)O)cc1.O=C1CCC(=O)OCCCCO1. The molecule has 0 atom stereocenters. The molecule has 0 unspecified atom stereocenters. The molecule has 2 rings (SSSR count). The van der Waals surface area contributed by atoms with Crippen LogP contribution in [0.3, 0.4) is 0 Å². The van der Waals surface area contributed by atoms with Crippen LogP contribution in [0.5, 0.6) is 0 Å². The third-order valence-corrected chi connectivity index (χ3v) is 3.64. The topological polar surface area (TPSA) is 202 Å². The van der Waals surface area contributed by atoms with E-state index in [-0.39, 0.29) is 41.5 Å². The van der Waals surface area contributed by atoms with E-state index in [0.717, 1.165) is 12.8 Å². The van der Waals surface area contributed by atoms with Gasteiger partial charge in [-0.3, -0.25) is 14.4 Å². The predicted octanol–water partition coefficient (Wildman–Crippen LogP) is 1.83. The van der Waals surface area contributed by atoms with E-state index >= 15 is 0 Å². The lowest BCUT2D eigenvalue weighted by Crippen LogP contribution is -2.14. The van der Waals surface area contributed by atoms with Crippen LogP contribution in [0.15, 0.2) is 36.4 Å². The third-order valence-electron chi connectivity index (χ3n) is 3.64. The molecule has 0 saturated carbocycles. The summed E-state index contributed by atoms with van der Waals surface area (Å²) < 4.78 is 9.64. The number of carbonyl (C=O) groups is 6. The normalized spacial score (nSPS) is 13.3. The summed E-state index contributed by atoms with van der Waals surface area (Å²) in [5.74, 6) is -5.19. The first-order valence-corrected chi connectivity index (χ1v) is 9.44. The van der Waals surface area contributed by atoms with Gasteiger partial charge in [-0.2, -0.15) is 0 Å². The van der Waals surface area contributed by atoms with Gasteiger partial charge in [0.2, 0.25) is 0 Å². The Morgan fingerprint density at radius 3 is 1.36 bits per heavy atom. The molecular formula is C21H24O12. The Morgan fingerprint density at radius 1 is 0.758 bits per heavy atom. The van der Waals surface area contributed by atoms with Crippen LogP contribution in [0.4, 0.5) is 0 Å². The molecule has 1 aliphatic heterocycles. The molecule has 1 heterocycles. The van der Waals surface area contributed by atoms with Gasteiger partial charge >= 0.3 is 35.8 Å². The van der Waals surface area contributed by atoms with Crippen LogP contribution in [0, 0.1) is 0 Å². The number of benzene rings is 1. The molecule has 1 aromatic rings. The van der Waals surface area contributed by atoms with Crippen molar-refractivity contribution < 1.29 is 58.7 Å². The molecule has 12 nitrogen and oxygen atoms in total. The van der Waals surface area contributed by atoms with E-state index in [0.29, 0.717) is 13.2 Å². The second-order valence-electron chi connectivity index (χ2n) is 6.31. The molecule has 4 N–H and O–H groups in total. The summed E-state index contributed by atoms with van der Waals surface area (Å²) in [4.78, 5) is 62.0. The van der Waals surface area contributed by atoms with E-state index in [1.165, 1.54) is 24.3 Å². The molecular weight excluding hydrogens is 444 g/mol. The zero-order valence-corrected chi connectivity index (χ0v) is 17.5. The molecule has 0 spiro atoms. The lowest BCUT2D eigenvalue weighted by atomic mass is 10.1. The maximum atomic E-state index is 10.8. The Bertz CT molecular complexity index is 817. The lowest BCUT2D eigenvalue weighted by Gasteiger charge is -2.08. The van der Waals surface area contributed by atoms with Gasteiger partial charge in [0.25, 0.3) is 0 Å². The number of aliphatic carboxylic acids is 2. The van der Waals surface area contributed by atoms with Gasteiger partial charge in [0.05, 0.1) is 43.6 Å². The number of aromatic carboxylic acids is 2.